The highest BCUT2D eigenvalue weighted by Gasteiger charge is 2.19. The second kappa shape index (κ2) is 4.81. The summed E-state index contributed by atoms with van der Waals surface area (Å²) in [4.78, 5) is 0. The van der Waals surface area contributed by atoms with Crippen molar-refractivity contribution in [1.29, 1.82) is 0 Å². The molecular formula is C18H18. The summed E-state index contributed by atoms with van der Waals surface area (Å²) in [5.41, 5.74) is 5.90. The average molecular weight is 234 g/mol. The van der Waals surface area contributed by atoms with Crippen LogP contribution in [-0.4, -0.2) is 0 Å². The SMILES string of the molecule is CC1C(CCc2ccccc2)=Cc2ccccc21. The van der Waals surface area contributed by atoms with Crippen LogP contribution in [0.3, 0.4) is 0 Å². The number of benzene rings is 2. The highest BCUT2D eigenvalue weighted by Crippen LogP contribution is 2.37. The van der Waals surface area contributed by atoms with E-state index in [1.807, 2.05) is 0 Å². The van der Waals surface area contributed by atoms with Crippen molar-refractivity contribution >= 4 is 6.08 Å². The summed E-state index contributed by atoms with van der Waals surface area (Å²) in [5.74, 6) is 0.588. The normalized spacial score (nSPS) is 17.4. The Bertz CT molecular complexity index is 564. The average Bonchev–Trinajstić information content (AvgIpc) is 2.75. The van der Waals surface area contributed by atoms with Gasteiger partial charge in [-0.05, 0) is 29.5 Å². The lowest BCUT2D eigenvalue weighted by atomic mass is 9.94. The van der Waals surface area contributed by atoms with Gasteiger partial charge in [0.2, 0.25) is 0 Å². The molecule has 3 rings (SSSR count). The molecule has 1 unspecified atom stereocenters. The van der Waals surface area contributed by atoms with Crippen molar-refractivity contribution in [3.8, 4) is 0 Å². The molecule has 2 aromatic carbocycles. The van der Waals surface area contributed by atoms with Gasteiger partial charge in [-0.25, -0.2) is 0 Å². The molecule has 2 aromatic rings. The van der Waals surface area contributed by atoms with Crippen LogP contribution in [-0.2, 0) is 6.42 Å². The molecule has 0 nitrogen and oxygen atoms in total. The fourth-order valence-corrected chi connectivity index (χ4v) is 2.78. The first kappa shape index (κ1) is 11.3. The Balaban J connectivity index is 1.73. The highest BCUT2D eigenvalue weighted by atomic mass is 14.2. The summed E-state index contributed by atoms with van der Waals surface area (Å²) in [5, 5.41) is 0. The minimum Gasteiger partial charge on any atom is -0.0622 e. The van der Waals surface area contributed by atoms with E-state index in [2.05, 4.69) is 67.6 Å². The van der Waals surface area contributed by atoms with Gasteiger partial charge in [0.1, 0.15) is 0 Å². The summed E-state index contributed by atoms with van der Waals surface area (Å²) in [6.07, 6.45) is 4.69. The second-order valence-corrected chi connectivity index (χ2v) is 5.06. The van der Waals surface area contributed by atoms with Crippen molar-refractivity contribution in [2.24, 2.45) is 0 Å². The smallest absolute Gasteiger partial charge is 0.00292 e. The lowest BCUT2D eigenvalue weighted by Gasteiger charge is -2.11. The first-order valence-corrected chi connectivity index (χ1v) is 6.68. The molecule has 1 atom stereocenters. The minimum atomic E-state index is 0.588. The quantitative estimate of drug-likeness (QED) is 0.714. The topological polar surface area (TPSA) is 0 Å². The van der Waals surface area contributed by atoms with E-state index < -0.39 is 0 Å². The van der Waals surface area contributed by atoms with E-state index in [-0.39, 0.29) is 0 Å². The Morgan fingerprint density at radius 2 is 1.56 bits per heavy atom. The van der Waals surface area contributed by atoms with Gasteiger partial charge in [-0.1, -0.05) is 73.2 Å². The van der Waals surface area contributed by atoms with Crippen LogP contribution in [0.4, 0.5) is 0 Å². The lowest BCUT2D eigenvalue weighted by molar-refractivity contribution is 0.819. The van der Waals surface area contributed by atoms with Gasteiger partial charge in [0, 0.05) is 5.92 Å². The Kier molecular flexibility index (Phi) is 3.02. The molecule has 0 N–H and O–H groups in total. The Labute approximate surface area is 109 Å². The largest absolute Gasteiger partial charge is 0.0622 e. The van der Waals surface area contributed by atoms with Crippen molar-refractivity contribution in [2.45, 2.75) is 25.7 Å². The molecule has 90 valence electrons. The maximum Gasteiger partial charge on any atom is 0.00292 e. The molecule has 0 heteroatoms. The number of aryl methyl sites for hydroxylation is 1. The first-order valence-electron chi connectivity index (χ1n) is 6.68. The van der Waals surface area contributed by atoms with Crippen LogP contribution in [0, 0.1) is 0 Å². The maximum absolute atomic E-state index is 2.38. The number of rotatable bonds is 3. The summed E-state index contributed by atoms with van der Waals surface area (Å²) in [6, 6.07) is 19.5. The van der Waals surface area contributed by atoms with E-state index in [4.69, 9.17) is 0 Å². The van der Waals surface area contributed by atoms with Gasteiger partial charge in [0.15, 0.2) is 0 Å². The van der Waals surface area contributed by atoms with Crippen LogP contribution >= 0.6 is 0 Å². The molecule has 0 amide bonds. The summed E-state index contributed by atoms with van der Waals surface area (Å²) in [6.45, 7) is 2.32. The van der Waals surface area contributed by atoms with Crippen LogP contribution in [0.2, 0.25) is 0 Å². The van der Waals surface area contributed by atoms with E-state index >= 15 is 0 Å². The number of hydrogen-bond donors (Lipinski definition) is 0. The van der Waals surface area contributed by atoms with Gasteiger partial charge in [0.25, 0.3) is 0 Å². The summed E-state index contributed by atoms with van der Waals surface area (Å²) < 4.78 is 0. The molecule has 0 aliphatic heterocycles. The van der Waals surface area contributed by atoms with Gasteiger partial charge < -0.3 is 0 Å². The van der Waals surface area contributed by atoms with Gasteiger partial charge >= 0.3 is 0 Å². The molecule has 0 aromatic heterocycles. The van der Waals surface area contributed by atoms with Crippen molar-refractivity contribution in [1.82, 2.24) is 0 Å². The second-order valence-electron chi connectivity index (χ2n) is 5.06. The lowest BCUT2D eigenvalue weighted by Crippen LogP contribution is -1.95. The Hall–Kier alpha value is -1.82. The van der Waals surface area contributed by atoms with Crippen molar-refractivity contribution in [3.63, 3.8) is 0 Å². The predicted octanol–water partition coefficient (Wildman–Crippen LogP) is 4.82. The van der Waals surface area contributed by atoms with Gasteiger partial charge in [-0.3, -0.25) is 0 Å². The number of allylic oxidation sites excluding steroid dienone is 1. The maximum atomic E-state index is 2.38. The van der Waals surface area contributed by atoms with Crippen molar-refractivity contribution in [3.05, 3.63) is 76.9 Å². The monoisotopic (exact) mass is 234 g/mol. The predicted molar refractivity (Wildman–Crippen MR) is 77.6 cm³/mol. The molecule has 0 spiro atoms. The highest BCUT2D eigenvalue weighted by molar-refractivity contribution is 5.66. The summed E-state index contributed by atoms with van der Waals surface area (Å²) in [7, 11) is 0. The minimum absolute atomic E-state index is 0.588. The first-order chi connectivity index (χ1) is 8.84. The fraction of sp³-hybridized carbons (Fsp3) is 0.222. The van der Waals surface area contributed by atoms with Gasteiger partial charge in [-0.2, -0.15) is 0 Å². The third-order valence-electron chi connectivity index (χ3n) is 3.90. The molecule has 0 fully saturated rings. The van der Waals surface area contributed by atoms with Crippen LogP contribution in [0.25, 0.3) is 6.08 Å². The zero-order valence-electron chi connectivity index (χ0n) is 10.8. The molecule has 0 radical (unpaired) electrons. The van der Waals surface area contributed by atoms with E-state index in [0.29, 0.717) is 5.92 Å². The molecular weight excluding hydrogens is 216 g/mol. The Morgan fingerprint density at radius 1 is 0.833 bits per heavy atom. The third kappa shape index (κ3) is 2.11. The van der Waals surface area contributed by atoms with Crippen molar-refractivity contribution in [2.75, 3.05) is 0 Å². The number of hydrogen-bond acceptors (Lipinski definition) is 0. The van der Waals surface area contributed by atoms with Crippen LogP contribution in [0.5, 0.6) is 0 Å². The molecule has 0 saturated heterocycles. The molecule has 0 bridgehead atoms. The fourth-order valence-electron chi connectivity index (χ4n) is 2.78. The van der Waals surface area contributed by atoms with Gasteiger partial charge in [0.05, 0.1) is 0 Å². The van der Waals surface area contributed by atoms with E-state index in [9.17, 15) is 0 Å². The number of fused-ring (bicyclic) bond motifs is 1. The Morgan fingerprint density at radius 3 is 2.33 bits per heavy atom. The van der Waals surface area contributed by atoms with E-state index in [1.165, 1.54) is 23.1 Å². The molecule has 0 saturated carbocycles. The zero-order valence-corrected chi connectivity index (χ0v) is 10.8. The standard InChI is InChI=1S/C18H18/c1-14-16(12-11-15-7-3-2-4-8-15)13-17-9-5-6-10-18(14)17/h2-10,13-14H,11-12H2,1H3. The van der Waals surface area contributed by atoms with E-state index in [0.717, 1.165) is 6.42 Å². The summed E-state index contributed by atoms with van der Waals surface area (Å²) >= 11 is 0. The zero-order chi connectivity index (χ0) is 12.4. The van der Waals surface area contributed by atoms with Crippen LogP contribution in [0.15, 0.2) is 60.2 Å². The van der Waals surface area contributed by atoms with Crippen LogP contribution < -0.4 is 0 Å². The molecule has 18 heavy (non-hydrogen) atoms. The van der Waals surface area contributed by atoms with Crippen LogP contribution in [0.1, 0.15) is 36.0 Å². The molecule has 0 heterocycles. The van der Waals surface area contributed by atoms with Crippen molar-refractivity contribution < 1.29 is 0 Å². The molecule has 1 aliphatic carbocycles. The van der Waals surface area contributed by atoms with E-state index in [1.54, 1.807) is 5.57 Å². The van der Waals surface area contributed by atoms with Gasteiger partial charge in [-0.15, -0.1) is 0 Å². The molecule has 1 aliphatic rings. The third-order valence-corrected chi connectivity index (χ3v) is 3.90.